The summed E-state index contributed by atoms with van der Waals surface area (Å²) in [5.41, 5.74) is 1.43. The normalized spacial score (nSPS) is 13.5. The highest BCUT2D eigenvalue weighted by Crippen LogP contribution is 2.28. The highest BCUT2D eigenvalue weighted by molar-refractivity contribution is 7.15. The molecule has 4 heteroatoms. The molecule has 0 amide bonds. The van der Waals surface area contributed by atoms with Gasteiger partial charge in [-0.1, -0.05) is 33.6 Å². The monoisotopic (exact) mass is 311 g/mol. The Morgan fingerprint density at radius 1 is 1.29 bits per heavy atom. The fourth-order valence-electron chi connectivity index (χ4n) is 2.12. The second-order valence-corrected chi connectivity index (χ2v) is 8.18. The first kappa shape index (κ1) is 18.4. The fourth-order valence-corrected chi connectivity index (χ4v) is 3.14. The Kier molecular flexibility index (Phi) is 7.14. The van der Waals surface area contributed by atoms with Gasteiger partial charge in [-0.15, -0.1) is 11.3 Å². The van der Waals surface area contributed by atoms with E-state index in [2.05, 4.69) is 58.8 Å². The van der Waals surface area contributed by atoms with E-state index in [0.717, 1.165) is 25.9 Å². The molecule has 21 heavy (non-hydrogen) atoms. The van der Waals surface area contributed by atoms with Gasteiger partial charge in [-0.3, -0.25) is 0 Å². The van der Waals surface area contributed by atoms with Gasteiger partial charge in [0.05, 0.1) is 5.69 Å². The summed E-state index contributed by atoms with van der Waals surface area (Å²) < 4.78 is 0. The Labute approximate surface area is 135 Å². The molecule has 0 aliphatic carbocycles. The van der Waals surface area contributed by atoms with E-state index in [1.54, 1.807) is 0 Å². The lowest BCUT2D eigenvalue weighted by Gasteiger charge is -2.20. The molecule has 0 radical (unpaired) electrons. The Hall–Kier alpha value is -0.610. The number of thiazole rings is 1. The van der Waals surface area contributed by atoms with Crippen LogP contribution in [-0.4, -0.2) is 24.1 Å². The van der Waals surface area contributed by atoms with Crippen LogP contribution in [0.1, 0.15) is 65.0 Å². The lowest BCUT2D eigenvalue weighted by Crippen LogP contribution is -2.35. The molecule has 0 saturated heterocycles. The van der Waals surface area contributed by atoms with Crippen molar-refractivity contribution in [2.75, 3.05) is 18.5 Å². The third-order valence-corrected chi connectivity index (χ3v) is 4.85. The molecule has 1 atom stereocenters. The van der Waals surface area contributed by atoms with Crippen molar-refractivity contribution in [1.82, 2.24) is 10.3 Å². The van der Waals surface area contributed by atoms with Crippen LogP contribution in [0.3, 0.4) is 0 Å². The van der Waals surface area contributed by atoms with Crippen LogP contribution in [0.25, 0.3) is 0 Å². The summed E-state index contributed by atoms with van der Waals surface area (Å²) >= 11 is 1.85. The minimum absolute atomic E-state index is 0.149. The predicted molar refractivity (Wildman–Crippen MR) is 95.4 cm³/mol. The molecule has 1 aromatic heterocycles. The zero-order chi connectivity index (χ0) is 16.0. The number of aromatic nitrogens is 1. The Bertz CT molecular complexity index is 420. The first-order chi connectivity index (χ1) is 9.76. The van der Waals surface area contributed by atoms with Crippen LogP contribution < -0.4 is 10.2 Å². The van der Waals surface area contributed by atoms with Crippen molar-refractivity contribution in [3.05, 3.63) is 10.6 Å². The van der Waals surface area contributed by atoms with Crippen molar-refractivity contribution in [3.8, 4) is 0 Å². The van der Waals surface area contributed by atoms with Gasteiger partial charge in [0, 0.05) is 30.6 Å². The molecule has 0 bridgehead atoms. The Morgan fingerprint density at radius 2 is 1.95 bits per heavy atom. The van der Waals surface area contributed by atoms with Gasteiger partial charge in [-0.2, -0.15) is 0 Å². The van der Waals surface area contributed by atoms with E-state index < -0.39 is 0 Å². The molecule has 0 aliphatic heterocycles. The van der Waals surface area contributed by atoms with Gasteiger partial charge in [-0.05, 0) is 33.1 Å². The lowest BCUT2D eigenvalue weighted by atomic mass is 10.1. The van der Waals surface area contributed by atoms with Crippen molar-refractivity contribution in [1.29, 1.82) is 0 Å². The minimum atomic E-state index is 0.149. The number of hydrogen-bond donors (Lipinski definition) is 1. The average Bonchev–Trinajstić information content (AvgIpc) is 2.79. The molecule has 0 saturated carbocycles. The minimum Gasteiger partial charge on any atom is -0.351 e. The van der Waals surface area contributed by atoms with E-state index in [-0.39, 0.29) is 5.54 Å². The predicted octanol–water partition coefficient (Wildman–Crippen LogP) is 4.47. The SMILES string of the molecule is CCCc1nc(N(C)CC(C)CC)sc1CNC(C)(C)C. The molecule has 3 nitrogen and oxygen atoms in total. The number of nitrogens with zero attached hydrogens (tertiary/aromatic N) is 2. The van der Waals surface area contributed by atoms with Crippen LogP contribution in [0.15, 0.2) is 0 Å². The largest absolute Gasteiger partial charge is 0.351 e. The molecular formula is C17H33N3S. The van der Waals surface area contributed by atoms with Gasteiger partial charge in [0.2, 0.25) is 0 Å². The van der Waals surface area contributed by atoms with Gasteiger partial charge in [-0.25, -0.2) is 4.98 Å². The molecule has 0 fully saturated rings. The number of hydrogen-bond acceptors (Lipinski definition) is 4. The topological polar surface area (TPSA) is 28.2 Å². The molecule has 0 spiro atoms. The van der Waals surface area contributed by atoms with E-state index in [1.807, 2.05) is 11.3 Å². The molecule has 0 aromatic carbocycles. The number of rotatable bonds is 8. The van der Waals surface area contributed by atoms with Crippen molar-refractivity contribution in [3.63, 3.8) is 0 Å². The standard InChI is InChI=1S/C17H33N3S/c1-8-10-14-15(11-18-17(4,5)6)21-16(19-14)20(7)12-13(3)9-2/h13,18H,8-12H2,1-7H3. The van der Waals surface area contributed by atoms with Crippen molar-refractivity contribution in [2.24, 2.45) is 5.92 Å². The zero-order valence-corrected chi connectivity index (χ0v) is 15.7. The van der Waals surface area contributed by atoms with E-state index in [4.69, 9.17) is 4.98 Å². The first-order valence-corrected chi connectivity index (χ1v) is 9.03. The maximum Gasteiger partial charge on any atom is 0.185 e. The first-order valence-electron chi connectivity index (χ1n) is 8.21. The van der Waals surface area contributed by atoms with Gasteiger partial charge in [0.15, 0.2) is 5.13 Å². The summed E-state index contributed by atoms with van der Waals surface area (Å²) in [6.07, 6.45) is 3.45. The summed E-state index contributed by atoms with van der Waals surface area (Å²) in [5, 5.41) is 4.76. The highest BCUT2D eigenvalue weighted by Gasteiger charge is 2.17. The molecule has 1 aromatic rings. The zero-order valence-electron chi connectivity index (χ0n) is 14.9. The third kappa shape index (κ3) is 6.35. The molecule has 1 heterocycles. The number of nitrogens with one attached hydrogen (secondary N) is 1. The maximum atomic E-state index is 4.89. The van der Waals surface area contributed by atoms with Crippen molar-refractivity contribution >= 4 is 16.5 Å². The summed E-state index contributed by atoms with van der Waals surface area (Å²) in [4.78, 5) is 8.61. The van der Waals surface area contributed by atoms with E-state index in [0.29, 0.717) is 5.92 Å². The second kappa shape index (κ2) is 8.14. The highest BCUT2D eigenvalue weighted by atomic mass is 32.1. The quantitative estimate of drug-likeness (QED) is 0.768. The number of anilines is 1. The van der Waals surface area contributed by atoms with Gasteiger partial charge in [0.25, 0.3) is 0 Å². The summed E-state index contributed by atoms with van der Waals surface area (Å²) in [5.74, 6) is 0.713. The summed E-state index contributed by atoms with van der Waals surface area (Å²) in [6.45, 7) is 15.4. The van der Waals surface area contributed by atoms with Crippen LogP contribution in [0.2, 0.25) is 0 Å². The summed E-state index contributed by atoms with van der Waals surface area (Å²) in [6, 6.07) is 0. The van der Waals surface area contributed by atoms with Crippen LogP contribution >= 0.6 is 11.3 Å². The van der Waals surface area contributed by atoms with Gasteiger partial charge in [0.1, 0.15) is 0 Å². The molecule has 122 valence electrons. The van der Waals surface area contributed by atoms with E-state index in [1.165, 1.54) is 22.1 Å². The van der Waals surface area contributed by atoms with Crippen LogP contribution in [0, 0.1) is 5.92 Å². The van der Waals surface area contributed by atoms with Crippen LogP contribution in [-0.2, 0) is 13.0 Å². The molecule has 0 aliphatic rings. The van der Waals surface area contributed by atoms with Crippen molar-refractivity contribution < 1.29 is 0 Å². The molecule has 1 rings (SSSR count). The second-order valence-electron chi connectivity index (χ2n) is 7.11. The van der Waals surface area contributed by atoms with Crippen LogP contribution in [0.5, 0.6) is 0 Å². The van der Waals surface area contributed by atoms with Gasteiger partial charge >= 0.3 is 0 Å². The molecular weight excluding hydrogens is 278 g/mol. The molecule has 1 N–H and O–H groups in total. The van der Waals surface area contributed by atoms with Crippen molar-refractivity contribution in [2.45, 2.75) is 72.9 Å². The number of aryl methyl sites for hydroxylation is 1. The maximum absolute atomic E-state index is 4.89. The van der Waals surface area contributed by atoms with Crippen LogP contribution in [0.4, 0.5) is 5.13 Å². The molecule has 1 unspecified atom stereocenters. The average molecular weight is 312 g/mol. The van der Waals surface area contributed by atoms with E-state index >= 15 is 0 Å². The Morgan fingerprint density at radius 3 is 2.48 bits per heavy atom. The van der Waals surface area contributed by atoms with Gasteiger partial charge < -0.3 is 10.2 Å². The summed E-state index contributed by atoms with van der Waals surface area (Å²) in [7, 11) is 2.17. The lowest BCUT2D eigenvalue weighted by molar-refractivity contribution is 0.425. The van der Waals surface area contributed by atoms with E-state index in [9.17, 15) is 0 Å². The fraction of sp³-hybridized carbons (Fsp3) is 0.824. The smallest absolute Gasteiger partial charge is 0.185 e. The third-order valence-electron chi connectivity index (χ3n) is 3.64. The Balaban J connectivity index is 2.82.